The summed E-state index contributed by atoms with van der Waals surface area (Å²) >= 11 is 0. The van der Waals surface area contributed by atoms with Crippen LogP contribution in [0.5, 0.6) is 0 Å². The highest BCUT2D eigenvalue weighted by Gasteiger charge is 2.20. The highest BCUT2D eigenvalue weighted by atomic mass is 16.5. The second-order valence-corrected chi connectivity index (χ2v) is 5.67. The van der Waals surface area contributed by atoms with Gasteiger partial charge in [-0.25, -0.2) is 0 Å². The molecule has 4 heteroatoms. The van der Waals surface area contributed by atoms with E-state index in [0.29, 0.717) is 11.8 Å². The predicted octanol–water partition coefficient (Wildman–Crippen LogP) is 3.83. The zero-order valence-corrected chi connectivity index (χ0v) is 11.7. The molecule has 0 aliphatic heterocycles. The summed E-state index contributed by atoms with van der Waals surface area (Å²) in [6.07, 6.45) is 12.5. The van der Waals surface area contributed by atoms with E-state index in [0.717, 1.165) is 23.2 Å². The molecular weight excluding hydrogens is 250 g/mol. The van der Waals surface area contributed by atoms with E-state index in [9.17, 15) is 0 Å². The van der Waals surface area contributed by atoms with Gasteiger partial charge < -0.3 is 10.3 Å². The van der Waals surface area contributed by atoms with Crippen molar-refractivity contribution in [2.75, 3.05) is 5.73 Å². The molecule has 20 heavy (non-hydrogen) atoms. The summed E-state index contributed by atoms with van der Waals surface area (Å²) < 4.78 is 5.23. The van der Waals surface area contributed by atoms with E-state index < -0.39 is 0 Å². The zero-order chi connectivity index (χ0) is 13.8. The first-order chi connectivity index (χ1) is 9.84. The Balaban J connectivity index is 1.83. The van der Waals surface area contributed by atoms with Crippen LogP contribution in [0.4, 0.5) is 5.88 Å². The van der Waals surface area contributed by atoms with Crippen LogP contribution >= 0.6 is 0 Å². The smallest absolute Gasteiger partial charge is 0.230 e. The lowest BCUT2D eigenvalue weighted by atomic mass is 9.92. The third-order valence-corrected chi connectivity index (χ3v) is 4.21. The van der Waals surface area contributed by atoms with Gasteiger partial charge in [-0.1, -0.05) is 43.7 Å². The lowest BCUT2D eigenvalue weighted by Crippen LogP contribution is -2.04. The van der Waals surface area contributed by atoms with Crippen molar-refractivity contribution in [2.45, 2.75) is 44.9 Å². The van der Waals surface area contributed by atoms with E-state index in [4.69, 9.17) is 10.3 Å². The average molecular weight is 271 g/mol. The second kappa shape index (κ2) is 6.07. The topological polar surface area (TPSA) is 64.9 Å². The van der Waals surface area contributed by atoms with Gasteiger partial charge in [-0.2, -0.15) is 0 Å². The minimum Gasteiger partial charge on any atom is -0.367 e. The molecule has 0 atom stereocenters. The number of nitrogen functional groups attached to an aromatic ring is 1. The summed E-state index contributed by atoms with van der Waals surface area (Å²) in [4.78, 5) is 4.05. The minimum atomic E-state index is 0.417. The van der Waals surface area contributed by atoms with Crippen molar-refractivity contribution < 1.29 is 4.52 Å². The Morgan fingerprint density at radius 2 is 1.80 bits per heavy atom. The molecule has 0 unspecified atom stereocenters. The third-order valence-electron chi connectivity index (χ3n) is 4.21. The Kier molecular flexibility index (Phi) is 4.00. The van der Waals surface area contributed by atoms with Gasteiger partial charge in [-0.3, -0.25) is 4.98 Å². The molecule has 2 N–H and O–H groups in total. The van der Waals surface area contributed by atoms with Crippen LogP contribution in [-0.2, 0) is 6.42 Å². The average Bonchev–Trinajstić information content (AvgIpc) is 2.67. The molecule has 2 aromatic heterocycles. The quantitative estimate of drug-likeness (QED) is 0.861. The fraction of sp³-hybridized carbons (Fsp3) is 0.500. The van der Waals surface area contributed by atoms with E-state index in [1.807, 2.05) is 12.1 Å². The van der Waals surface area contributed by atoms with Crippen molar-refractivity contribution >= 4 is 5.88 Å². The summed E-state index contributed by atoms with van der Waals surface area (Å²) in [6.45, 7) is 0. The molecular formula is C16H21N3O. The Morgan fingerprint density at radius 3 is 2.50 bits per heavy atom. The highest BCUT2D eigenvalue weighted by Crippen LogP contribution is 2.33. The van der Waals surface area contributed by atoms with Gasteiger partial charge in [0.15, 0.2) is 0 Å². The first-order valence-electron chi connectivity index (χ1n) is 7.49. The minimum absolute atomic E-state index is 0.417. The maximum atomic E-state index is 5.96. The van der Waals surface area contributed by atoms with Crippen molar-refractivity contribution in [3.05, 3.63) is 30.2 Å². The number of rotatable bonds is 3. The molecule has 0 bridgehead atoms. The maximum absolute atomic E-state index is 5.96. The lowest BCUT2D eigenvalue weighted by Gasteiger charge is -2.12. The van der Waals surface area contributed by atoms with E-state index in [1.54, 1.807) is 12.4 Å². The van der Waals surface area contributed by atoms with Gasteiger partial charge >= 0.3 is 0 Å². The van der Waals surface area contributed by atoms with E-state index in [1.165, 1.54) is 38.5 Å². The van der Waals surface area contributed by atoms with Crippen LogP contribution in [0.25, 0.3) is 11.1 Å². The fourth-order valence-electron chi connectivity index (χ4n) is 3.15. The van der Waals surface area contributed by atoms with Gasteiger partial charge in [0, 0.05) is 12.4 Å². The SMILES string of the molecule is Nc1onc(CC2CCCCCC2)c1-c1ccncc1. The molecule has 106 valence electrons. The molecule has 2 heterocycles. The number of pyridine rings is 1. The Labute approximate surface area is 119 Å². The van der Waals surface area contributed by atoms with Crippen molar-refractivity contribution in [3.63, 3.8) is 0 Å². The number of hydrogen-bond donors (Lipinski definition) is 1. The molecule has 4 nitrogen and oxygen atoms in total. The van der Waals surface area contributed by atoms with Crippen molar-refractivity contribution in [3.8, 4) is 11.1 Å². The van der Waals surface area contributed by atoms with E-state index in [-0.39, 0.29) is 0 Å². The molecule has 0 spiro atoms. The number of aromatic nitrogens is 2. The van der Waals surface area contributed by atoms with Crippen LogP contribution in [0.3, 0.4) is 0 Å². The van der Waals surface area contributed by atoms with Gasteiger partial charge in [0.25, 0.3) is 0 Å². The Bertz CT molecular complexity index is 542. The number of hydrogen-bond acceptors (Lipinski definition) is 4. The molecule has 2 aromatic rings. The second-order valence-electron chi connectivity index (χ2n) is 5.67. The first kappa shape index (κ1) is 13.2. The van der Waals surface area contributed by atoms with Crippen molar-refractivity contribution in [2.24, 2.45) is 5.92 Å². The number of nitrogens with zero attached hydrogens (tertiary/aromatic N) is 2. The molecule has 1 aliphatic rings. The molecule has 0 saturated heterocycles. The van der Waals surface area contributed by atoms with E-state index >= 15 is 0 Å². The Morgan fingerprint density at radius 1 is 1.10 bits per heavy atom. The van der Waals surface area contributed by atoms with Gasteiger partial charge in [0.1, 0.15) is 0 Å². The standard InChI is InChI=1S/C16H21N3O/c17-16-15(13-7-9-18-10-8-13)14(19-20-16)11-12-5-3-1-2-4-6-12/h7-10,12H,1-6,11,17H2. The fourth-order valence-corrected chi connectivity index (χ4v) is 3.15. The summed E-state index contributed by atoms with van der Waals surface area (Å²) in [7, 11) is 0. The summed E-state index contributed by atoms with van der Waals surface area (Å²) in [5.41, 5.74) is 8.96. The predicted molar refractivity (Wildman–Crippen MR) is 79.0 cm³/mol. The summed E-state index contributed by atoms with van der Waals surface area (Å²) in [5, 5.41) is 4.20. The number of nitrogens with two attached hydrogens (primary N) is 1. The third kappa shape index (κ3) is 2.84. The largest absolute Gasteiger partial charge is 0.367 e. The normalized spacial score (nSPS) is 17.0. The molecule has 1 saturated carbocycles. The maximum Gasteiger partial charge on any atom is 0.230 e. The summed E-state index contributed by atoms with van der Waals surface area (Å²) in [6, 6.07) is 3.92. The van der Waals surface area contributed by atoms with Gasteiger partial charge in [-0.05, 0) is 30.0 Å². The van der Waals surface area contributed by atoms with Crippen LogP contribution in [0.15, 0.2) is 29.0 Å². The number of anilines is 1. The van der Waals surface area contributed by atoms with Crippen LogP contribution < -0.4 is 5.73 Å². The zero-order valence-electron chi connectivity index (χ0n) is 11.7. The molecule has 0 aromatic carbocycles. The summed E-state index contributed by atoms with van der Waals surface area (Å²) in [5.74, 6) is 1.13. The van der Waals surface area contributed by atoms with Gasteiger partial charge in [0.05, 0.1) is 11.3 Å². The van der Waals surface area contributed by atoms with Crippen molar-refractivity contribution in [1.82, 2.24) is 10.1 Å². The van der Waals surface area contributed by atoms with Gasteiger partial charge in [0.2, 0.25) is 5.88 Å². The molecule has 1 fully saturated rings. The van der Waals surface area contributed by atoms with Crippen molar-refractivity contribution in [1.29, 1.82) is 0 Å². The van der Waals surface area contributed by atoms with Crippen LogP contribution in [0.1, 0.15) is 44.2 Å². The first-order valence-corrected chi connectivity index (χ1v) is 7.49. The molecule has 0 radical (unpaired) electrons. The highest BCUT2D eigenvalue weighted by molar-refractivity contribution is 5.74. The van der Waals surface area contributed by atoms with Crippen LogP contribution in [0.2, 0.25) is 0 Å². The molecule has 3 rings (SSSR count). The molecule has 0 amide bonds. The monoisotopic (exact) mass is 271 g/mol. The lowest BCUT2D eigenvalue weighted by molar-refractivity contribution is 0.403. The Hall–Kier alpha value is -1.84. The van der Waals surface area contributed by atoms with Gasteiger partial charge in [-0.15, -0.1) is 0 Å². The molecule has 1 aliphatic carbocycles. The van der Waals surface area contributed by atoms with E-state index in [2.05, 4.69) is 10.1 Å². The van der Waals surface area contributed by atoms with Crippen LogP contribution in [0, 0.1) is 5.92 Å². The van der Waals surface area contributed by atoms with Crippen LogP contribution in [-0.4, -0.2) is 10.1 Å².